The van der Waals surface area contributed by atoms with Crippen LogP contribution in [0.4, 0.5) is 5.82 Å². The number of amides is 1. The van der Waals surface area contributed by atoms with Crippen LogP contribution in [0.2, 0.25) is 0 Å². The molecule has 1 amide bonds. The Morgan fingerprint density at radius 2 is 2.17 bits per heavy atom. The number of anilines is 1. The highest BCUT2D eigenvalue weighted by Crippen LogP contribution is 2.25. The fourth-order valence-corrected chi connectivity index (χ4v) is 2.80. The number of aromatic nitrogens is 3. The van der Waals surface area contributed by atoms with Gasteiger partial charge in [0.2, 0.25) is 0 Å². The molecule has 0 aliphatic carbocycles. The van der Waals surface area contributed by atoms with Gasteiger partial charge in [-0.05, 0) is 44.5 Å². The van der Waals surface area contributed by atoms with Crippen molar-refractivity contribution in [2.45, 2.75) is 25.7 Å². The predicted octanol–water partition coefficient (Wildman–Crippen LogP) is 0.796. The second-order valence-electron chi connectivity index (χ2n) is 5.75. The fourth-order valence-electron chi connectivity index (χ4n) is 2.80. The Kier molecular flexibility index (Phi) is 4.24. The van der Waals surface area contributed by atoms with E-state index < -0.39 is 11.5 Å². The second kappa shape index (κ2) is 6.33. The van der Waals surface area contributed by atoms with Crippen LogP contribution in [0.1, 0.15) is 40.4 Å². The zero-order valence-electron chi connectivity index (χ0n) is 13.1. The normalized spacial score (nSPS) is 15.6. The third-order valence-corrected chi connectivity index (χ3v) is 3.98. The topological polar surface area (TPSA) is 102 Å². The summed E-state index contributed by atoms with van der Waals surface area (Å²) >= 11 is 0. The molecule has 1 aliphatic heterocycles. The fraction of sp³-hybridized carbons (Fsp3) is 0.467. The molecule has 23 heavy (non-hydrogen) atoms. The molecule has 3 rings (SSSR count). The molecule has 8 heteroatoms. The van der Waals surface area contributed by atoms with Gasteiger partial charge in [0, 0.05) is 13.0 Å². The minimum Gasteiger partial charge on any atom is -0.427 e. The highest BCUT2D eigenvalue weighted by Gasteiger charge is 2.22. The quantitative estimate of drug-likeness (QED) is 0.868. The zero-order chi connectivity index (χ0) is 16.4. The summed E-state index contributed by atoms with van der Waals surface area (Å²) in [5.41, 5.74) is 0.00411. The van der Waals surface area contributed by atoms with Crippen LogP contribution < -0.4 is 16.3 Å². The molecule has 1 aliphatic rings. The Balaban J connectivity index is 1.84. The summed E-state index contributed by atoms with van der Waals surface area (Å²) in [6.45, 7) is 3.55. The molecule has 122 valence electrons. The summed E-state index contributed by atoms with van der Waals surface area (Å²) in [4.78, 5) is 24.6. The van der Waals surface area contributed by atoms with Crippen LogP contribution in [0.3, 0.4) is 0 Å². The first kappa shape index (κ1) is 15.4. The minimum absolute atomic E-state index is 0.00772. The number of carbonyl (C=O) groups is 1. The van der Waals surface area contributed by atoms with Crippen LogP contribution in [0.15, 0.2) is 21.5 Å². The number of aryl methyl sites for hydroxylation is 2. The average Bonchev–Trinajstić information content (AvgIpc) is 2.92. The monoisotopic (exact) mass is 317 g/mol. The molecule has 0 radical (unpaired) electrons. The lowest BCUT2D eigenvalue weighted by Gasteiger charge is -2.21. The molecular formula is C15H19N5O3. The first-order valence-corrected chi connectivity index (χ1v) is 7.57. The van der Waals surface area contributed by atoms with Gasteiger partial charge < -0.3 is 15.1 Å². The molecule has 0 spiro atoms. The van der Waals surface area contributed by atoms with Crippen molar-refractivity contribution in [3.05, 3.63) is 39.6 Å². The number of hydrogen-bond donors (Lipinski definition) is 2. The Hall–Kier alpha value is -2.48. The minimum atomic E-state index is -0.611. The smallest absolute Gasteiger partial charge is 0.349 e. The number of nitrogens with zero attached hydrogens (tertiary/aromatic N) is 3. The molecule has 3 heterocycles. The molecule has 0 bridgehead atoms. The maximum Gasteiger partial charge on any atom is 0.349 e. The highest BCUT2D eigenvalue weighted by molar-refractivity contribution is 6.04. The Morgan fingerprint density at radius 3 is 2.78 bits per heavy atom. The van der Waals surface area contributed by atoms with Crippen molar-refractivity contribution in [2.75, 3.05) is 18.4 Å². The third kappa shape index (κ3) is 3.31. The van der Waals surface area contributed by atoms with E-state index in [1.54, 1.807) is 26.2 Å². The van der Waals surface area contributed by atoms with Gasteiger partial charge in [-0.15, -0.1) is 5.10 Å². The van der Waals surface area contributed by atoms with Crippen LogP contribution >= 0.6 is 0 Å². The first-order chi connectivity index (χ1) is 11.0. The van der Waals surface area contributed by atoms with Gasteiger partial charge in [0.1, 0.15) is 11.3 Å². The highest BCUT2D eigenvalue weighted by atomic mass is 16.4. The summed E-state index contributed by atoms with van der Waals surface area (Å²) in [6.07, 6.45) is 3.40. The Morgan fingerprint density at radius 1 is 1.43 bits per heavy atom. The number of nitrogens with one attached hydrogen (secondary N) is 2. The van der Waals surface area contributed by atoms with Gasteiger partial charge in [-0.2, -0.15) is 0 Å². The van der Waals surface area contributed by atoms with Gasteiger partial charge >= 0.3 is 5.63 Å². The molecule has 1 saturated heterocycles. The van der Waals surface area contributed by atoms with Crippen molar-refractivity contribution in [1.29, 1.82) is 0 Å². The summed E-state index contributed by atoms with van der Waals surface area (Å²) < 4.78 is 6.87. The zero-order valence-corrected chi connectivity index (χ0v) is 13.1. The SMILES string of the molecule is Cc1cc(C2CCNCC2)oc(=O)c1C(=O)Nc1cn(C)nn1. The van der Waals surface area contributed by atoms with E-state index in [-0.39, 0.29) is 11.5 Å². The number of carbonyl (C=O) groups excluding carboxylic acids is 1. The molecule has 2 aromatic rings. The summed E-state index contributed by atoms with van der Waals surface area (Å²) in [5, 5.41) is 13.3. The molecule has 0 aromatic carbocycles. The van der Waals surface area contributed by atoms with E-state index in [0.29, 0.717) is 17.1 Å². The predicted molar refractivity (Wildman–Crippen MR) is 83.5 cm³/mol. The van der Waals surface area contributed by atoms with Crippen molar-refractivity contribution in [3.63, 3.8) is 0 Å². The first-order valence-electron chi connectivity index (χ1n) is 7.57. The molecule has 0 saturated carbocycles. The van der Waals surface area contributed by atoms with E-state index >= 15 is 0 Å². The van der Waals surface area contributed by atoms with E-state index in [2.05, 4.69) is 20.9 Å². The van der Waals surface area contributed by atoms with Crippen LogP contribution in [-0.4, -0.2) is 34.0 Å². The maximum atomic E-state index is 12.3. The van der Waals surface area contributed by atoms with Gasteiger partial charge in [0.05, 0.1) is 6.20 Å². The molecule has 8 nitrogen and oxygen atoms in total. The molecule has 1 fully saturated rings. The van der Waals surface area contributed by atoms with Crippen LogP contribution in [0, 0.1) is 6.92 Å². The third-order valence-electron chi connectivity index (χ3n) is 3.98. The average molecular weight is 317 g/mol. The molecule has 0 atom stereocenters. The number of piperidine rings is 1. The van der Waals surface area contributed by atoms with Crippen molar-refractivity contribution >= 4 is 11.7 Å². The Bertz CT molecular complexity index is 774. The van der Waals surface area contributed by atoms with Gasteiger partial charge in [0.15, 0.2) is 5.82 Å². The second-order valence-corrected chi connectivity index (χ2v) is 5.75. The summed E-state index contributed by atoms with van der Waals surface area (Å²) in [5.74, 6) is 0.636. The molecular weight excluding hydrogens is 298 g/mol. The van der Waals surface area contributed by atoms with Crippen molar-refractivity contribution in [1.82, 2.24) is 20.3 Å². The molecule has 2 N–H and O–H groups in total. The van der Waals surface area contributed by atoms with E-state index in [1.165, 1.54) is 4.68 Å². The van der Waals surface area contributed by atoms with Gasteiger partial charge in [-0.25, -0.2) is 4.79 Å². The van der Waals surface area contributed by atoms with E-state index in [1.807, 2.05) is 0 Å². The lowest BCUT2D eigenvalue weighted by molar-refractivity contribution is 0.102. The standard InChI is InChI=1S/C15H19N5O3/c1-9-7-11(10-3-5-16-6-4-10)23-15(22)13(9)14(21)17-12-8-20(2)19-18-12/h7-8,10,16H,3-6H2,1-2H3,(H,17,21). The largest absolute Gasteiger partial charge is 0.427 e. The van der Waals surface area contributed by atoms with E-state index in [0.717, 1.165) is 25.9 Å². The molecule has 2 aromatic heterocycles. The van der Waals surface area contributed by atoms with E-state index in [9.17, 15) is 9.59 Å². The summed E-state index contributed by atoms with van der Waals surface area (Å²) in [6, 6.07) is 1.79. The lowest BCUT2D eigenvalue weighted by Crippen LogP contribution is -2.28. The van der Waals surface area contributed by atoms with Crippen molar-refractivity contribution in [2.24, 2.45) is 7.05 Å². The van der Waals surface area contributed by atoms with Crippen LogP contribution in [0.5, 0.6) is 0 Å². The van der Waals surface area contributed by atoms with Crippen molar-refractivity contribution < 1.29 is 9.21 Å². The number of rotatable bonds is 3. The lowest BCUT2D eigenvalue weighted by atomic mass is 9.94. The van der Waals surface area contributed by atoms with Gasteiger partial charge in [-0.1, -0.05) is 5.21 Å². The molecule has 0 unspecified atom stereocenters. The van der Waals surface area contributed by atoms with Crippen LogP contribution in [-0.2, 0) is 7.05 Å². The number of hydrogen-bond acceptors (Lipinski definition) is 6. The van der Waals surface area contributed by atoms with Gasteiger partial charge in [-0.3, -0.25) is 9.48 Å². The van der Waals surface area contributed by atoms with Gasteiger partial charge in [0.25, 0.3) is 5.91 Å². The Labute approximate surface area is 132 Å². The van der Waals surface area contributed by atoms with Crippen LogP contribution in [0.25, 0.3) is 0 Å². The van der Waals surface area contributed by atoms with E-state index in [4.69, 9.17) is 4.42 Å². The van der Waals surface area contributed by atoms with Crippen molar-refractivity contribution in [3.8, 4) is 0 Å². The summed E-state index contributed by atoms with van der Waals surface area (Å²) in [7, 11) is 1.69. The maximum absolute atomic E-state index is 12.3.